The van der Waals surface area contributed by atoms with Crippen molar-refractivity contribution in [2.45, 2.75) is 32.2 Å². The third-order valence-electron chi connectivity index (χ3n) is 6.16. The third-order valence-corrected chi connectivity index (χ3v) is 6.16. The average Bonchev–Trinajstić information content (AvgIpc) is 3.38. The number of nitrogens with one attached hydrogen (secondary N) is 3. The van der Waals surface area contributed by atoms with Crippen LogP contribution in [0.2, 0.25) is 0 Å². The highest BCUT2D eigenvalue weighted by molar-refractivity contribution is 6.05. The van der Waals surface area contributed by atoms with Gasteiger partial charge in [-0.1, -0.05) is 13.0 Å². The maximum Gasteiger partial charge on any atom is 0.274 e. The molecule has 2 fully saturated rings. The van der Waals surface area contributed by atoms with Gasteiger partial charge in [-0.2, -0.15) is 0 Å². The molecule has 0 saturated carbocycles. The van der Waals surface area contributed by atoms with Gasteiger partial charge >= 0.3 is 0 Å². The van der Waals surface area contributed by atoms with Crippen LogP contribution in [-0.2, 0) is 11.3 Å². The number of halogens is 2. The highest BCUT2D eigenvalue weighted by Gasteiger charge is 2.34. The molecule has 2 saturated heterocycles. The van der Waals surface area contributed by atoms with Gasteiger partial charge in [-0.05, 0) is 24.8 Å². The molecule has 7 nitrogen and oxygen atoms in total. The van der Waals surface area contributed by atoms with Gasteiger partial charge in [0.2, 0.25) is 0 Å². The van der Waals surface area contributed by atoms with Crippen LogP contribution in [0.4, 0.5) is 8.78 Å². The van der Waals surface area contributed by atoms with Gasteiger partial charge in [0.15, 0.2) is 0 Å². The van der Waals surface area contributed by atoms with Crippen molar-refractivity contribution < 1.29 is 18.3 Å². The Kier molecular flexibility index (Phi) is 6.43. The normalized spacial score (nSPS) is 22.5. The maximum atomic E-state index is 14.0. The van der Waals surface area contributed by atoms with Crippen molar-refractivity contribution in [2.75, 3.05) is 26.3 Å². The van der Waals surface area contributed by atoms with E-state index in [9.17, 15) is 13.6 Å². The monoisotopic (exact) mass is 431 g/mol. The fraction of sp³-hybridized carbons (Fsp3) is 0.500. The molecular weight excluding hydrogens is 404 g/mol. The first-order valence-corrected chi connectivity index (χ1v) is 10.6. The fourth-order valence-corrected chi connectivity index (χ4v) is 4.38. The quantitative estimate of drug-likeness (QED) is 0.501. The largest absolute Gasteiger partial charge is 0.381 e. The first-order chi connectivity index (χ1) is 14.9. The van der Waals surface area contributed by atoms with Gasteiger partial charge in [0.1, 0.15) is 29.0 Å². The number of hydrogen-bond donors (Lipinski definition) is 3. The van der Waals surface area contributed by atoms with E-state index in [0.717, 1.165) is 24.7 Å². The van der Waals surface area contributed by atoms with E-state index in [-0.39, 0.29) is 29.5 Å². The number of hydrogen-bond acceptors (Lipinski definition) is 5. The second-order valence-electron chi connectivity index (χ2n) is 8.45. The lowest BCUT2D eigenvalue weighted by atomic mass is 9.97. The highest BCUT2D eigenvalue weighted by atomic mass is 19.1. The third kappa shape index (κ3) is 4.99. The second kappa shape index (κ2) is 9.23. The van der Waals surface area contributed by atoms with Gasteiger partial charge < -0.3 is 15.0 Å². The number of H-pyrrole nitrogens is 1. The Labute approximate surface area is 179 Å². The number of imidazole rings is 1. The van der Waals surface area contributed by atoms with Gasteiger partial charge in [-0.3, -0.25) is 15.1 Å². The van der Waals surface area contributed by atoms with Crippen molar-refractivity contribution >= 4 is 11.7 Å². The van der Waals surface area contributed by atoms with Crippen molar-refractivity contribution in [1.29, 1.82) is 5.41 Å². The van der Waals surface area contributed by atoms with Crippen LogP contribution in [0.15, 0.2) is 24.4 Å². The number of nitrogens with zero attached hydrogens (tertiary/aromatic N) is 2. The number of amidine groups is 1. The summed E-state index contributed by atoms with van der Waals surface area (Å²) in [5.41, 5.74) is 0.755. The van der Waals surface area contributed by atoms with Crippen LogP contribution >= 0.6 is 0 Å². The number of carbonyl (C=O) groups excluding carboxylic acids is 1. The molecule has 0 bridgehead atoms. The summed E-state index contributed by atoms with van der Waals surface area (Å²) in [5.74, 6) is -0.433. The SMILES string of the molecule is CC1CN(Cc2ccc(F)cc2F)CC1C(=N)NC(=O)c1cnc(C2CCOCC2)[nH]1. The fourth-order valence-electron chi connectivity index (χ4n) is 4.38. The number of rotatable bonds is 5. The molecule has 2 aliphatic heterocycles. The summed E-state index contributed by atoms with van der Waals surface area (Å²) >= 11 is 0. The lowest BCUT2D eigenvalue weighted by Crippen LogP contribution is -2.38. The molecule has 0 radical (unpaired) electrons. The first kappa shape index (κ1) is 21.6. The van der Waals surface area contributed by atoms with E-state index in [2.05, 4.69) is 15.3 Å². The van der Waals surface area contributed by atoms with Gasteiger partial charge in [-0.25, -0.2) is 13.8 Å². The summed E-state index contributed by atoms with van der Waals surface area (Å²) in [4.78, 5) is 22.1. The molecule has 31 heavy (non-hydrogen) atoms. The molecule has 2 aliphatic rings. The van der Waals surface area contributed by atoms with Crippen molar-refractivity contribution in [2.24, 2.45) is 11.8 Å². The molecular formula is C22H27F2N5O2. The molecule has 0 spiro atoms. The number of likely N-dealkylation sites (tertiary alicyclic amines) is 1. The molecule has 1 aromatic heterocycles. The van der Waals surface area contributed by atoms with Gasteiger partial charge in [0, 0.05) is 56.3 Å². The van der Waals surface area contributed by atoms with E-state index in [1.165, 1.54) is 18.3 Å². The topological polar surface area (TPSA) is 94.1 Å². The molecule has 3 heterocycles. The van der Waals surface area contributed by atoms with E-state index in [1.807, 2.05) is 11.8 Å². The minimum absolute atomic E-state index is 0.121. The van der Waals surface area contributed by atoms with Crippen molar-refractivity contribution in [3.63, 3.8) is 0 Å². The van der Waals surface area contributed by atoms with Crippen molar-refractivity contribution in [3.8, 4) is 0 Å². The number of amides is 1. The van der Waals surface area contributed by atoms with Crippen molar-refractivity contribution in [3.05, 3.63) is 53.1 Å². The van der Waals surface area contributed by atoms with Gasteiger partial charge in [0.25, 0.3) is 5.91 Å². The molecule has 4 rings (SSSR count). The zero-order valence-corrected chi connectivity index (χ0v) is 17.5. The number of ether oxygens (including phenoxy) is 1. The van der Waals surface area contributed by atoms with Gasteiger partial charge in [-0.15, -0.1) is 0 Å². The molecule has 3 N–H and O–H groups in total. The molecule has 9 heteroatoms. The standard InChI is InChI=1S/C22H27F2N5O2/c1-13-10-29(11-15-2-3-16(23)8-18(15)24)12-17(13)20(25)28-22(30)19-9-26-21(27-19)14-4-6-31-7-5-14/h2-3,8-9,13-14,17H,4-7,10-12H2,1H3,(H,26,27)(H2,25,28,30). The van der Waals surface area contributed by atoms with E-state index in [4.69, 9.17) is 10.1 Å². The summed E-state index contributed by atoms with van der Waals surface area (Å²) in [5, 5.41) is 11.1. The molecule has 2 unspecified atom stereocenters. The Balaban J connectivity index is 1.34. The van der Waals surface area contributed by atoms with Crippen LogP contribution < -0.4 is 5.32 Å². The highest BCUT2D eigenvalue weighted by Crippen LogP contribution is 2.26. The lowest BCUT2D eigenvalue weighted by molar-refractivity contribution is 0.0837. The van der Waals surface area contributed by atoms with E-state index >= 15 is 0 Å². The number of benzene rings is 1. The van der Waals surface area contributed by atoms with Crippen LogP contribution in [-0.4, -0.2) is 52.9 Å². The van der Waals surface area contributed by atoms with E-state index < -0.39 is 11.6 Å². The van der Waals surface area contributed by atoms with Crippen LogP contribution in [0.3, 0.4) is 0 Å². The number of aromatic amines is 1. The van der Waals surface area contributed by atoms with Gasteiger partial charge in [0.05, 0.1) is 6.20 Å². The zero-order chi connectivity index (χ0) is 22.0. The smallest absolute Gasteiger partial charge is 0.274 e. The second-order valence-corrected chi connectivity index (χ2v) is 8.45. The number of aromatic nitrogens is 2. The molecule has 166 valence electrons. The van der Waals surface area contributed by atoms with Crippen LogP contribution in [0, 0.1) is 28.9 Å². The Morgan fingerprint density at radius 3 is 2.84 bits per heavy atom. The summed E-state index contributed by atoms with van der Waals surface area (Å²) in [7, 11) is 0. The minimum atomic E-state index is -0.600. The first-order valence-electron chi connectivity index (χ1n) is 10.6. The molecule has 2 aromatic rings. The van der Waals surface area contributed by atoms with Crippen LogP contribution in [0.1, 0.15) is 47.6 Å². The maximum absolute atomic E-state index is 14.0. The summed E-state index contributed by atoms with van der Waals surface area (Å²) in [6, 6.07) is 3.58. The summed E-state index contributed by atoms with van der Waals surface area (Å²) < 4.78 is 32.5. The van der Waals surface area contributed by atoms with Crippen LogP contribution in [0.25, 0.3) is 0 Å². The predicted molar refractivity (Wildman–Crippen MR) is 111 cm³/mol. The number of carbonyl (C=O) groups is 1. The zero-order valence-electron chi connectivity index (χ0n) is 17.5. The molecule has 1 amide bonds. The summed E-state index contributed by atoms with van der Waals surface area (Å²) in [6.45, 7) is 4.91. The Bertz CT molecular complexity index is 957. The summed E-state index contributed by atoms with van der Waals surface area (Å²) in [6.07, 6.45) is 3.25. The lowest BCUT2D eigenvalue weighted by Gasteiger charge is -2.19. The average molecular weight is 431 g/mol. The predicted octanol–water partition coefficient (Wildman–Crippen LogP) is 3.06. The van der Waals surface area contributed by atoms with Crippen molar-refractivity contribution in [1.82, 2.24) is 20.2 Å². The Hall–Kier alpha value is -2.65. The molecule has 2 atom stereocenters. The molecule has 1 aromatic carbocycles. The Morgan fingerprint density at radius 2 is 2.10 bits per heavy atom. The Morgan fingerprint density at radius 1 is 1.32 bits per heavy atom. The minimum Gasteiger partial charge on any atom is -0.381 e. The van der Waals surface area contributed by atoms with Crippen LogP contribution in [0.5, 0.6) is 0 Å². The van der Waals surface area contributed by atoms with E-state index in [0.29, 0.717) is 44.1 Å². The van der Waals surface area contributed by atoms with E-state index in [1.54, 1.807) is 0 Å². The molecule has 0 aliphatic carbocycles.